The summed E-state index contributed by atoms with van der Waals surface area (Å²) in [5, 5.41) is 3.19. The van der Waals surface area contributed by atoms with E-state index in [-0.39, 0.29) is 0 Å². The molecule has 0 fully saturated rings. The lowest BCUT2D eigenvalue weighted by Gasteiger charge is -2.12. The van der Waals surface area contributed by atoms with Gasteiger partial charge in [-0.05, 0) is 31.0 Å². The molecule has 0 saturated heterocycles. The normalized spacial score (nSPS) is 11.9. The molecule has 1 atom stereocenters. The Morgan fingerprint density at radius 2 is 2.16 bits per heavy atom. The van der Waals surface area contributed by atoms with Crippen molar-refractivity contribution < 1.29 is 13.7 Å². The molecule has 1 rings (SSSR count). The number of ether oxygens (including phenoxy) is 1. The number of carbonyl (C=O) groups is 1. The Kier molecular flexibility index (Phi) is 5.82. The maximum atomic E-state index is 11.6. The fraction of sp³-hybridized carbons (Fsp3) is 0.462. The van der Waals surface area contributed by atoms with Crippen molar-refractivity contribution >= 4 is 28.1 Å². The highest BCUT2D eigenvalue weighted by Gasteiger charge is 2.13. The number of nitrogen functional groups attached to an aromatic ring is 1. The first kappa shape index (κ1) is 15.5. The smallest absolute Gasteiger partial charge is 0.340 e. The predicted molar refractivity (Wildman–Crippen MR) is 79.0 cm³/mol. The second-order valence-corrected chi connectivity index (χ2v) is 5.86. The molecule has 106 valence electrons. The Morgan fingerprint density at radius 1 is 1.47 bits per heavy atom. The second kappa shape index (κ2) is 7.13. The molecule has 0 radical (unpaired) electrons. The summed E-state index contributed by atoms with van der Waals surface area (Å²) in [7, 11) is 0.548. The second-order valence-electron chi connectivity index (χ2n) is 4.30. The molecule has 0 bridgehead atoms. The molecule has 0 saturated carbocycles. The van der Waals surface area contributed by atoms with E-state index in [0.29, 0.717) is 23.5 Å². The number of methoxy groups -OCH3 is 1. The van der Waals surface area contributed by atoms with Crippen LogP contribution in [0, 0.1) is 6.92 Å². The highest BCUT2D eigenvalue weighted by molar-refractivity contribution is 7.84. The third-order valence-electron chi connectivity index (χ3n) is 2.73. The van der Waals surface area contributed by atoms with Gasteiger partial charge in [0.2, 0.25) is 0 Å². The van der Waals surface area contributed by atoms with Crippen molar-refractivity contribution in [3.05, 3.63) is 23.3 Å². The van der Waals surface area contributed by atoms with Crippen LogP contribution in [-0.2, 0) is 15.5 Å². The number of nitrogens with one attached hydrogen (secondary N) is 1. The molecule has 3 N–H and O–H groups in total. The van der Waals surface area contributed by atoms with Gasteiger partial charge in [0.05, 0.1) is 12.7 Å². The van der Waals surface area contributed by atoms with Gasteiger partial charge in [0, 0.05) is 40.7 Å². The number of carbonyl (C=O) groups excluding carboxylic acids is 1. The Bertz CT molecular complexity index is 489. The summed E-state index contributed by atoms with van der Waals surface area (Å²) in [5.41, 5.74) is 8.29. The van der Waals surface area contributed by atoms with Gasteiger partial charge in [-0.1, -0.05) is 0 Å². The first-order valence-corrected chi connectivity index (χ1v) is 7.70. The van der Waals surface area contributed by atoms with E-state index < -0.39 is 16.8 Å². The molecule has 0 aromatic heterocycles. The maximum absolute atomic E-state index is 11.6. The van der Waals surface area contributed by atoms with E-state index >= 15 is 0 Å². The highest BCUT2D eigenvalue weighted by atomic mass is 32.2. The lowest BCUT2D eigenvalue weighted by molar-refractivity contribution is 0.0602. The zero-order valence-corrected chi connectivity index (χ0v) is 12.3. The van der Waals surface area contributed by atoms with E-state index in [9.17, 15) is 9.00 Å². The van der Waals surface area contributed by atoms with Gasteiger partial charge in [-0.25, -0.2) is 4.79 Å². The van der Waals surface area contributed by atoms with E-state index in [4.69, 9.17) is 10.5 Å². The van der Waals surface area contributed by atoms with E-state index in [1.165, 1.54) is 7.11 Å². The van der Waals surface area contributed by atoms with Crippen LogP contribution in [0.1, 0.15) is 22.3 Å². The van der Waals surface area contributed by atoms with Crippen LogP contribution in [0.4, 0.5) is 11.4 Å². The standard InChI is InChI=1S/C13H20N2O3S/c1-9-7-10(15-5-4-6-19(3)17)8-11(12(9)14)13(16)18-2/h7-8,15H,4-6,14H2,1-3H3. The number of nitrogens with two attached hydrogens (primary N) is 1. The molecular weight excluding hydrogens is 264 g/mol. The van der Waals surface area contributed by atoms with Crippen molar-refractivity contribution in [1.29, 1.82) is 0 Å². The third kappa shape index (κ3) is 4.55. The van der Waals surface area contributed by atoms with Crippen molar-refractivity contribution in [2.75, 3.05) is 36.7 Å². The van der Waals surface area contributed by atoms with E-state index in [1.807, 2.05) is 13.0 Å². The first-order chi connectivity index (χ1) is 8.95. The summed E-state index contributed by atoms with van der Waals surface area (Å²) in [6.07, 6.45) is 2.49. The van der Waals surface area contributed by atoms with E-state index in [2.05, 4.69) is 5.32 Å². The fourth-order valence-corrected chi connectivity index (χ4v) is 2.24. The molecule has 5 nitrogen and oxygen atoms in total. The van der Waals surface area contributed by atoms with Gasteiger partial charge in [0.15, 0.2) is 0 Å². The number of rotatable bonds is 6. The molecule has 6 heteroatoms. The number of hydrogen-bond donors (Lipinski definition) is 2. The van der Waals surface area contributed by atoms with Crippen molar-refractivity contribution in [3.8, 4) is 0 Å². The lowest BCUT2D eigenvalue weighted by atomic mass is 10.1. The molecular formula is C13H20N2O3S. The van der Waals surface area contributed by atoms with Gasteiger partial charge in [-0.3, -0.25) is 4.21 Å². The van der Waals surface area contributed by atoms with Gasteiger partial charge in [-0.15, -0.1) is 0 Å². The minimum atomic E-state index is -0.779. The summed E-state index contributed by atoms with van der Waals surface area (Å²) in [6, 6.07) is 3.56. The Balaban J connectivity index is 2.77. The van der Waals surface area contributed by atoms with Gasteiger partial charge < -0.3 is 15.8 Å². The topological polar surface area (TPSA) is 81.4 Å². The lowest BCUT2D eigenvalue weighted by Crippen LogP contribution is -2.10. The van der Waals surface area contributed by atoms with Gasteiger partial charge in [0.1, 0.15) is 0 Å². The fourth-order valence-electron chi connectivity index (χ4n) is 1.69. The molecule has 1 unspecified atom stereocenters. The summed E-state index contributed by atoms with van der Waals surface area (Å²) < 4.78 is 15.6. The predicted octanol–water partition coefficient (Wildman–Crippen LogP) is 1.54. The highest BCUT2D eigenvalue weighted by Crippen LogP contribution is 2.23. The van der Waals surface area contributed by atoms with Crippen LogP contribution in [-0.4, -0.2) is 35.8 Å². The molecule has 19 heavy (non-hydrogen) atoms. The SMILES string of the molecule is COC(=O)c1cc(NCCCS(C)=O)cc(C)c1N. The van der Waals surface area contributed by atoms with Crippen molar-refractivity contribution in [1.82, 2.24) is 0 Å². The summed E-state index contributed by atoms with van der Waals surface area (Å²) in [4.78, 5) is 11.6. The molecule has 1 aromatic carbocycles. The van der Waals surface area contributed by atoms with Crippen molar-refractivity contribution in [2.24, 2.45) is 0 Å². The molecule has 1 aromatic rings. The van der Waals surface area contributed by atoms with Gasteiger partial charge in [0.25, 0.3) is 0 Å². The van der Waals surface area contributed by atoms with Crippen molar-refractivity contribution in [3.63, 3.8) is 0 Å². The van der Waals surface area contributed by atoms with Gasteiger partial charge >= 0.3 is 5.97 Å². The summed E-state index contributed by atoms with van der Waals surface area (Å²) >= 11 is 0. The average molecular weight is 284 g/mol. The zero-order valence-electron chi connectivity index (χ0n) is 11.5. The van der Waals surface area contributed by atoms with Crippen LogP contribution < -0.4 is 11.1 Å². The minimum Gasteiger partial charge on any atom is -0.465 e. The number of esters is 1. The molecule has 0 heterocycles. The van der Waals surface area contributed by atoms with E-state index in [1.54, 1.807) is 12.3 Å². The average Bonchev–Trinajstić information content (AvgIpc) is 2.37. The molecule has 0 aliphatic carbocycles. The van der Waals surface area contributed by atoms with Crippen LogP contribution in [0.15, 0.2) is 12.1 Å². The van der Waals surface area contributed by atoms with Gasteiger partial charge in [-0.2, -0.15) is 0 Å². The Morgan fingerprint density at radius 3 is 2.74 bits per heavy atom. The first-order valence-electron chi connectivity index (χ1n) is 5.98. The number of anilines is 2. The third-order valence-corrected chi connectivity index (χ3v) is 3.59. The van der Waals surface area contributed by atoms with Crippen LogP contribution in [0.25, 0.3) is 0 Å². The molecule has 0 spiro atoms. The molecule has 0 aliphatic heterocycles. The Hall–Kier alpha value is -1.56. The van der Waals surface area contributed by atoms with Crippen LogP contribution in [0.2, 0.25) is 0 Å². The largest absolute Gasteiger partial charge is 0.465 e. The minimum absolute atomic E-state index is 0.365. The van der Waals surface area contributed by atoms with Crippen molar-refractivity contribution in [2.45, 2.75) is 13.3 Å². The monoisotopic (exact) mass is 284 g/mol. The van der Waals surface area contributed by atoms with Crippen LogP contribution in [0.5, 0.6) is 0 Å². The number of hydrogen-bond acceptors (Lipinski definition) is 5. The summed E-state index contributed by atoms with van der Waals surface area (Å²) in [5.74, 6) is 0.212. The van der Waals surface area contributed by atoms with Crippen LogP contribution in [0.3, 0.4) is 0 Å². The van der Waals surface area contributed by atoms with E-state index in [0.717, 1.165) is 17.7 Å². The summed E-state index contributed by atoms with van der Waals surface area (Å²) in [6.45, 7) is 2.54. The number of benzene rings is 1. The molecule has 0 aliphatic rings. The Labute approximate surface area is 116 Å². The maximum Gasteiger partial charge on any atom is 0.340 e. The van der Waals surface area contributed by atoms with Crippen LogP contribution >= 0.6 is 0 Å². The zero-order chi connectivity index (χ0) is 14.4. The number of aryl methyl sites for hydroxylation is 1. The quantitative estimate of drug-likeness (QED) is 0.470. The molecule has 0 amide bonds.